The van der Waals surface area contributed by atoms with Gasteiger partial charge >= 0.3 is 5.97 Å². The van der Waals surface area contributed by atoms with Gasteiger partial charge in [-0.1, -0.05) is 5.92 Å². The van der Waals surface area contributed by atoms with Crippen molar-refractivity contribution in [3.8, 4) is 17.6 Å². The summed E-state index contributed by atoms with van der Waals surface area (Å²) in [6.07, 6.45) is 0.473. The Hall–Kier alpha value is -2.28. The lowest BCUT2D eigenvalue weighted by molar-refractivity contribution is -0.130. The van der Waals surface area contributed by atoms with Crippen LogP contribution in [0.5, 0.6) is 5.75 Å². The number of phenols is 1. The molecule has 0 saturated heterocycles. The fourth-order valence-corrected chi connectivity index (χ4v) is 0.852. The first-order valence-electron chi connectivity index (χ1n) is 3.66. The smallest absolute Gasteiger partial charge is 0.382 e. The van der Waals surface area contributed by atoms with E-state index in [9.17, 15) is 9.59 Å². The number of carboxylic acid groups (broad SMARTS) is 1. The quantitative estimate of drug-likeness (QED) is 0.503. The second-order valence-electron chi connectivity index (χ2n) is 2.45. The summed E-state index contributed by atoms with van der Waals surface area (Å²) >= 11 is 0. The molecule has 0 atom stereocenters. The maximum atomic E-state index is 10.4. The number of aldehydes is 1. The minimum Gasteiger partial charge on any atom is -0.507 e. The molecule has 0 bridgehead atoms. The van der Waals surface area contributed by atoms with Gasteiger partial charge in [-0.25, -0.2) is 4.79 Å². The monoisotopic (exact) mass is 190 g/mol. The molecule has 0 saturated carbocycles. The van der Waals surface area contributed by atoms with Gasteiger partial charge in [0.1, 0.15) is 5.75 Å². The Labute approximate surface area is 79.8 Å². The van der Waals surface area contributed by atoms with Crippen LogP contribution in [0, 0.1) is 11.8 Å². The SMILES string of the molecule is O=Cc1cc(C#CC(=O)O)ccc1O. The van der Waals surface area contributed by atoms with Crippen LogP contribution in [0.3, 0.4) is 0 Å². The topological polar surface area (TPSA) is 74.6 Å². The number of phenolic OH excluding ortho intramolecular Hbond substituents is 1. The normalized spacial score (nSPS) is 8.57. The average Bonchev–Trinajstić information content (AvgIpc) is 2.16. The number of hydrogen-bond donors (Lipinski definition) is 2. The van der Waals surface area contributed by atoms with Crippen molar-refractivity contribution in [2.75, 3.05) is 0 Å². The Morgan fingerprint density at radius 1 is 1.43 bits per heavy atom. The number of rotatable bonds is 1. The lowest BCUT2D eigenvalue weighted by Crippen LogP contribution is -1.88. The molecule has 1 rings (SSSR count). The van der Waals surface area contributed by atoms with Crippen LogP contribution >= 0.6 is 0 Å². The molecule has 4 heteroatoms. The summed E-state index contributed by atoms with van der Waals surface area (Å²) < 4.78 is 0. The van der Waals surface area contributed by atoms with E-state index in [4.69, 9.17) is 10.2 Å². The highest BCUT2D eigenvalue weighted by Gasteiger charge is 1.99. The van der Waals surface area contributed by atoms with Gasteiger partial charge in [0.05, 0.1) is 5.56 Å². The van der Waals surface area contributed by atoms with E-state index in [0.29, 0.717) is 11.8 Å². The highest BCUT2D eigenvalue weighted by atomic mass is 16.4. The molecular formula is C10H6O4. The molecule has 1 aromatic rings. The number of carboxylic acids is 1. The number of aliphatic carboxylic acids is 1. The number of carbonyl (C=O) groups is 2. The highest BCUT2D eigenvalue weighted by molar-refractivity contribution is 5.87. The molecule has 0 aliphatic carbocycles. The van der Waals surface area contributed by atoms with Gasteiger partial charge in [0.25, 0.3) is 0 Å². The minimum absolute atomic E-state index is 0.0854. The first-order valence-corrected chi connectivity index (χ1v) is 3.66. The first kappa shape index (κ1) is 9.81. The zero-order valence-corrected chi connectivity index (χ0v) is 7.02. The predicted molar refractivity (Wildman–Crippen MR) is 48.0 cm³/mol. The Morgan fingerprint density at radius 2 is 2.14 bits per heavy atom. The van der Waals surface area contributed by atoms with Crippen LogP contribution in [-0.2, 0) is 4.79 Å². The molecule has 0 aliphatic heterocycles. The molecule has 70 valence electrons. The van der Waals surface area contributed by atoms with Gasteiger partial charge in [-0.15, -0.1) is 0 Å². The number of benzene rings is 1. The first-order chi connectivity index (χ1) is 6.63. The molecule has 14 heavy (non-hydrogen) atoms. The van der Waals surface area contributed by atoms with Crippen LogP contribution in [0.15, 0.2) is 18.2 Å². The van der Waals surface area contributed by atoms with Gasteiger partial charge in [0.15, 0.2) is 6.29 Å². The van der Waals surface area contributed by atoms with Gasteiger partial charge in [-0.05, 0) is 18.2 Å². The number of carbonyl (C=O) groups excluding carboxylic acids is 1. The van der Waals surface area contributed by atoms with Gasteiger partial charge in [-0.2, -0.15) is 0 Å². The van der Waals surface area contributed by atoms with Crippen molar-refractivity contribution in [3.63, 3.8) is 0 Å². The zero-order valence-electron chi connectivity index (χ0n) is 7.02. The van der Waals surface area contributed by atoms with E-state index in [1.165, 1.54) is 18.2 Å². The second-order valence-corrected chi connectivity index (χ2v) is 2.45. The number of aromatic hydroxyl groups is 1. The average molecular weight is 190 g/mol. The summed E-state index contributed by atoms with van der Waals surface area (Å²) in [5.74, 6) is 2.83. The minimum atomic E-state index is -1.24. The van der Waals surface area contributed by atoms with E-state index in [0.717, 1.165) is 0 Å². The Morgan fingerprint density at radius 3 is 2.71 bits per heavy atom. The van der Waals surface area contributed by atoms with E-state index in [1.807, 2.05) is 5.92 Å². The lowest BCUT2D eigenvalue weighted by Gasteiger charge is -1.96. The van der Waals surface area contributed by atoms with E-state index in [1.54, 1.807) is 0 Å². The third kappa shape index (κ3) is 2.35. The van der Waals surface area contributed by atoms with Gasteiger partial charge in [-0.3, -0.25) is 4.79 Å². The summed E-state index contributed by atoms with van der Waals surface area (Å²) in [4.78, 5) is 20.5. The van der Waals surface area contributed by atoms with E-state index in [2.05, 4.69) is 5.92 Å². The fraction of sp³-hybridized carbons (Fsp3) is 0. The van der Waals surface area contributed by atoms with Crippen molar-refractivity contribution < 1.29 is 19.8 Å². The molecule has 0 aromatic heterocycles. The van der Waals surface area contributed by atoms with Gasteiger partial charge < -0.3 is 10.2 Å². The predicted octanol–water partition coefficient (Wildman–Crippen LogP) is 0.641. The maximum Gasteiger partial charge on any atom is 0.382 e. The third-order valence-corrected chi connectivity index (χ3v) is 1.47. The van der Waals surface area contributed by atoms with Crippen LogP contribution in [0.2, 0.25) is 0 Å². The van der Waals surface area contributed by atoms with E-state index < -0.39 is 5.97 Å². The van der Waals surface area contributed by atoms with Crippen LogP contribution in [0.4, 0.5) is 0 Å². The molecular weight excluding hydrogens is 184 g/mol. The summed E-state index contributed by atoms with van der Waals surface area (Å²) in [7, 11) is 0. The van der Waals surface area contributed by atoms with Crippen molar-refractivity contribution in [1.82, 2.24) is 0 Å². The van der Waals surface area contributed by atoms with E-state index in [-0.39, 0.29) is 11.3 Å². The van der Waals surface area contributed by atoms with Crippen molar-refractivity contribution >= 4 is 12.3 Å². The van der Waals surface area contributed by atoms with Crippen molar-refractivity contribution in [3.05, 3.63) is 29.3 Å². The molecule has 0 radical (unpaired) electrons. The summed E-state index contributed by atoms with van der Waals surface area (Å²) in [6, 6.07) is 4.03. The van der Waals surface area contributed by atoms with Crippen LogP contribution in [0.1, 0.15) is 15.9 Å². The van der Waals surface area contributed by atoms with E-state index >= 15 is 0 Å². The zero-order chi connectivity index (χ0) is 10.6. The summed E-state index contributed by atoms with van der Waals surface area (Å²) in [6.45, 7) is 0. The van der Waals surface area contributed by atoms with Crippen molar-refractivity contribution in [1.29, 1.82) is 0 Å². The molecule has 0 aliphatic rings. The fourth-order valence-electron chi connectivity index (χ4n) is 0.852. The van der Waals surface area contributed by atoms with Crippen LogP contribution < -0.4 is 0 Å². The molecule has 0 fully saturated rings. The second kappa shape index (κ2) is 4.10. The molecule has 4 nitrogen and oxygen atoms in total. The van der Waals surface area contributed by atoms with Crippen molar-refractivity contribution in [2.45, 2.75) is 0 Å². The Balaban J connectivity index is 3.09. The molecule has 2 N–H and O–H groups in total. The maximum absolute atomic E-state index is 10.4. The standard InChI is InChI=1S/C10H6O4/c11-6-8-5-7(1-3-9(8)12)2-4-10(13)14/h1,3,5-6,12H,(H,13,14). The van der Waals surface area contributed by atoms with Crippen LogP contribution in [-0.4, -0.2) is 22.5 Å². The lowest BCUT2D eigenvalue weighted by atomic mass is 10.1. The number of hydrogen-bond acceptors (Lipinski definition) is 3. The highest BCUT2D eigenvalue weighted by Crippen LogP contribution is 2.15. The summed E-state index contributed by atoms with van der Waals surface area (Å²) in [5.41, 5.74) is 0.453. The molecule has 0 heterocycles. The Bertz CT molecular complexity index is 437. The molecule has 1 aromatic carbocycles. The van der Waals surface area contributed by atoms with Crippen molar-refractivity contribution in [2.24, 2.45) is 0 Å². The largest absolute Gasteiger partial charge is 0.507 e. The van der Waals surface area contributed by atoms with Crippen LogP contribution in [0.25, 0.3) is 0 Å². The summed E-state index contributed by atoms with van der Waals surface area (Å²) in [5, 5.41) is 17.4. The molecule has 0 amide bonds. The van der Waals surface area contributed by atoms with Gasteiger partial charge in [0.2, 0.25) is 0 Å². The molecule has 0 spiro atoms. The molecule has 0 unspecified atom stereocenters. The Kier molecular flexibility index (Phi) is 2.87. The van der Waals surface area contributed by atoms with Gasteiger partial charge in [0, 0.05) is 11.5 Å². The third-order valence-electron chi connectivity index (χ3n) is 1.47.